The topological polar surface area (TPSA) is 86.2 Å². The average Bonchev–Trinajstić information content (AvgIpc) is 2.42. The molecule has 0 saturated heterocycles. The lowest BCUT2D eigenvalue weighted by Gasteiger charge is -2.21. The Kier molecular flexibility index (Phi) is 4.99. The van der Waals surface area contributed by atoms with E-state index in [0.717, 1.165) is 43.2 Å². The summed E-state index contributed by atoms with van der Waals surface area (Å²) in [5, 5.41) is 0. The molecule has 0 heterocycles. The molecular formula is C17H24N2O2. The Bertz CT molecular complexity index is 552. The molecule has 0 fully saturated rings. The molecule has 1 aromatic carbocycles. The third kappa shape index (κ3) is 3.63. The van der Waals surface area contributed by atoms with Crippen LogP contribution in [0.25, 0.3) is 0 Å². The molecule has 0 bridgehead atoms. The van der Waals surface area contributed by atoms with E-state index >= 15 is 0 Å². The number of hydrogen-bond acceptors (Lipinski definition) is 2. The van der Waals surface area contributed by atoms with Gasteiger partial charge in [0.15, 0.2) is 0 Å². The van der Waals surface area contributed by atoms with E-state index in [2.05, 4.69) is 6.92 Å². The Hall–Kier alpha value is -1.84. The molecule has 2 amide bonds. The van der Waals surface area contributed by atoms with Gasteiger partial charge in [-0.2, -0.15) is 0 Å². The molecule has 0 spiro atoms. The van der Waals surface area contributed by atoms with Gasteiger partial charge in [-0.25, -0.2) is 0 Å². The standard InChI is InChI=1S/C17H24N2O2/c1-11-6-4-2-3-5-7-12-13(16(18)20)8-9-14(17(19)21)15(12)10-11/h8-9,11H,2-7,10H2,1H3,(H2,18,20)(H2,19,21). The number of amides is 2. The molecule has 2 rings (SSSR count). The summed E-state index contributed by atoms with van der Waals surface area (Å²) in [6, 6.07) is 3.30. The van der Waals surface area contributed by atoms with Gasteiger partial charge in [-0.1, -0.05) is 32.6 Å². The number of hydrogen-bond donors (Lipinski definition) is 2. The number of primary amides is 2. The quantitative estimate of drug-likeness (QED) is 0.876. The summed E-state index contributed by atoms with van der Waals surface area (Å²) in [5.74, 6) is -0.374. The van der Waals surface area contributed by atoms with Crippen molar-refractivity contribution in [1.82, 2.24) is 0 Å². The lowest BCUT2D eigenvalue weighted by Crippen LogP contribution is -2.21. The van der Waals surface area contributed by atoms with Gasteiger partial charge >= 0.3 is 0 Å². The van der Waals surface area contributed by atoms with Gasteiger partial charge in [0.1, 0.15) is 0 Å². The van der Waals surface area contributed by atoms with Crippen molar-refractivity contribution in [2.45, 2.75) is 51.9 Å². The second-order valence-electron chi connectivity index (χ2n) is 6.11. The molecule has 1 atom stereocenters. The van der Waals surface area contributed by atoms with Gasteiger partial charge < -0.3 is 11.5 Å². The first-order chi connectivity index (χ1) is 10.0. The monoisotopic (exact) mass is 288 g/mol. The maximum absolute atomic E-state index is 11.7. The van der Waals surface area contributed by atoms with Crippen LogP contribution in [0.2, 0.25) is 0 Å². The van der Waals surface area contributed by atoms with E-state index in [1.807, 2.05) is 0 Å². The predicted molar refractivity (Wildman–Crippen MR) is 83.1 cm³/mol. The van der Waals surface area contributed by atoms with Crippen LogP contribution < -0.4 is 11.5 Å². The molecule has 1 aliphatic rings. The highest BCUT2D eigenvalue weighted by atomic mass is 16.1. The summed E-state index contributed by atoms with van der Waals surface area (Å²) >= 11 is 0. The minimum Gasteiger partial charge on any atom is -0.366 e. The zero-order chi connectivity index (χ0) is 15.4. The van der Waals surface area contributed by atoms with E-state index in [1.54, 1.807) is 12.1 Å². The van der Waals surface area contributed by atoms with Crippen LogP contribution in [0.15, 0.2) is 12.1 Å². The summed E-state index contributed by atoms with van der Waals surface area (Å²) in [7, 11) is 0. The number of nitrogens with two attached hydrogens (primary N) is 2. The molecule has 1 aliphatic carbocycles. The van der Waals surface area contributed by atoms with Crippen LogP contribution in [0.5, 0.6) is 0 Å². The van der Waals surface area contributed by atoms with Gasteiger partial charge in [0, 0.05) is 11.1 Å². The number of carbonyl (C=O) groups is 2. The first-order valence-corrected chi connectivity index (χ1v) is 7.75. The predicted octanol–water partition coefficient (Wildman–Crippen LogP) is 2.57. The van der Waals surface area contributed by atoms with Crippen molar-refractivity contribution >= 4 is 11.8 Å². The molecule has 4 nitrogen and oxygen atoms in total. The molecular weight excluding hydrogens is 264 g/mol. The minimum absolute atomic E-state index is 0.424. The van der Waals surface area contributed by atoms with E-state index in [9.17, 15) is 9.59 Å². The zero-order valence-electron chi connectivity index (χ0n) is 12.7. The largest absolute Gasteiger partial charge is 0.366 e. The molecule has 0 aliphatic heterocycles. The third-order valence-electron chi connectivity index (χ3n) is 4.39. The summed E-state index contributed by atoms with van der Waals surface area (Å²) in [5.41, 5.74) is 14.0. The normalized spacial score (nSPS) is 19.6. The second-order valence-corrected chi connectivity index (χ2v) is 6.11. The van der Waals surface area contributed by atoms with Gasteiger partial charge in [0.05, 0.1) is 0 Å². The van der Waals surface area contributed by atoms with Crippen LogP contribution in [0.1, 0.15) is 70.9 Å². The highest BCUT2D eigenvalue weighted by Gasteiger charge is 2.21. The molecule has 1 unspecified atom stereocenters. The number of benzene rings is 1. The SMILES string of the molecule is CC1CCCCCCc2c(C(N)=O)ccc(C(N)=O)c2C1. The fraction of sp³-hybridized carbons (Fsp3) is 0.529. The fourth-order valence-electron chi connectivity index (χ4n) is 3.27. The fourth-order valence-corrected chi connectivity index (χ4v) is 3.27. The van der Waals surface area contributed by atoms with E-state index in [4.69, 9.17) is 11.5 Å². The van der Waals surface area contributed by atoms with Crippen molar-refractivity contribution in [2.24, 2.45) is 17.4 Å². The minimum atomic E-state index is -0.425. The Balaban J connectivity index is 2.55. The summed E-state index contributed by atoms with van der Waals surface area (Å²) in [6.45, 7) is 2.19. The van der Waals surface area contributed by atoms with Crippen molar-refractivity contribution in [2.75, 3.05) is 0 Å². The second kappa shape index (κ2) is 6.74. The van der Waals surface area contributed by atoms with Crippen LogP contribution in [-0.4, -0.2) is 11.8 Å². The molecule has 4 N–H and O–H groups in total. The van der Waals surface area contributed by atoms with Crippen LogP contribution in [0, 0.1) is 5.92 Å². The molecule has 114 valence electrons. The van der Waals surface area contributed by atoms with Crippen LogP contribution >= 0.6 is 0 Å². The molecule has 0 radical (unpaired) electrons. The van der Waals surface area contributed by atoms with Crippen molar-refractivity contribution in [3.63, 3.8) is 0 Å². The van der Waals surface area contributed by atoms with Gasteiger partial charge in [-0.15, -0.1) is 0 Å². The first-order valence-electron chi connectivity index (χ1n) is 7.75. The van der Waals surface area contributed by atoms with Crippen LogP contribution in [0.4, 0.5) is 0 Å². The van der Waals surface area contributed by atoms with Crippen molar-refractivity contribution in [3.05, 3.63) is 34.4 Å². The Morgan fingerprint density at radius 1 is 0.952 bits per heavy atom. The Morgan fingerprint density at radius 2 is 1.52 bits per heavy atom. The molecule has 1 aromatic rings. The van der Waals surface area contributed by atoms with Gasteiger partial charge in [-0.3, -0.25) is 9.59 Å². The van der Waals surface area contributed by atoms with Gasteiger partial charge in [0.25, 0.3) is 0 Å². The lowest BCUT2D eigenvalue weighted by molar-refractivity contribution is 0.0986. The Morgan fingerprint density at radius 3 is 2.14 bits per heavy atom. The smallest absolute Gasteiger partial charge is 0.248 e. The van der Waals surface area contributed by atoms with Gasteiger partial charge in [-0.05, 0) is 48.4 Å². The highest BCUT2D eigenvalue weighted by Crippen LogP contribution is 2.28. The molecule has 21 heavy (non-hydrogen) atoms. The number of fused-ring (bicyclic) bond motifs is 1. The summed E-state index contributed by atoms with van der Waals surface area (Å²) in [4.78, 5) is 23.4. The molecule has 4 heteroatoms. The van der Waals surface area contributed by atoms with Crippen molar-refractivity contribution in [3.8, 4) is 0 Å². The Labute approximate surface area is 125 Å². The molecule has 0 saturated carbocycles. The van der Waals surface area contributed by atoms with Crippen LogP contribution in [0.3, 0.4) is 0 Å². The van der Waals surface area contributed by atoms with E-state index in [0.29, 0.717) is 17.0 Å². The summed E-state index contributed by atoms with van der Waals surface area (Å²) < 4.78 is 0. The highest BCUT2D eigenvalue weighted by molar-refractivity contribution is 5.99. The maximum Gasteiger partial charge on any atom is 0.248 e. The third-order valence-corrected chi connectivity index (χ3v) is 4.39. The zero-order valence-corrected chi connectivity index (χ0v) is 12.7. The number of rotatable bonds is 2. The average molecular weight is 288 g/mol. The van der Waals surface area contributed by atoms with Crippen molar-refractivity contribution in [1.29, 1.82) is 0 Å². The van der Waals surface area contributed by atoms with Crippen LogP contribution in [-0.2, 0) is 12.8 Å². The first kappa shape index (κ1) is 15.5. The maximum atomic E-state index is 11.7. The molecule has 0 aromatic heterocycles. The van der Waals surface area contributed by atoms with E-state index < -0.39 is 11.8 Å². The lowest BCUT2D eigenvalue weighted by atomic mass is 9.84. The van der Waals surface area contributed by atoms with E-state index in [-0.39, 0.29) is 0 Å². The van der Waals surface area contributed by atoms with Crippen molar-refractivity contribution < 1.29 is 9.59 Å². The summed E-state index contributed by atoms with van der Waals surface area (Å²) in [6.07, 6.45) is 7.32. The van der Waals surface area contributed by atoms with E-state index in [1.165, 1.54) is 12.8 Å². The van der Waals surface area contributed by atoms with Gasteiger partial charge in [0.2, 0.25) is 11.8 Å². The number of carbonyl (C=O) groups excluding carboxylic acids is 2.